The lowest BCUT2D eigenvalue weighted by Gasteiger charge is -2.29. The molecule has 1 atom stereocenters. The number of aromatic nitrogens is 2. The molecule has 0 fully saturated rings. The standard InChI is InChI=1S/C23H17F3N4O2/c1-13-19(21(31)28-15-7-4-6-14(12-15)23(24,25)26)20(18-10-5-11-32-18)30-17-9-3-2-8-16(17)29-22(30)27-13/h2-12,20H,1H3,(H,27,29)(H,28,31). The first-order valence-corrected chi connectivity index (χ1v) is 9.79. The summed E-state index contributed by atoms with van der Waals surface area (Å²) in [6.07, 6.45) is -3.00. The first-order valence-electron chi connectivity index (χ1n) is 9.79. The fraction of sp³-hybridized carbons (Fsp3) is 0.130. The molecule has 2 aromatic carbocycles. The van der Waals surface area contributed by atoms with Crippen LogP contribution in [0.5, 0.6) is 0 Å². The molecule has 0 bridgehead atoms. The first kappa shape index (κ1) is 19.9. The molecule has 0 saturated carbocycles. The minimum Gasteiger partial charge on any atom is -0.467 e. The summed E-state index contributed by atoms with van der Waals surface area (Å²) in [5.74, 6) is 0.504. The number of hydrogen-bond donors (Lipinski definition) is 2. The van der Waals surface area contributed by atoms with Gasteiger partial charge in [0.15, 0.2) is 0 Å². The zero-order valence-electron chi connectivity index (χ0n) is 16.8. The maximum Gasteiger partial charge on any atom is 0.416 e. The molecule has 1 unspecified atom stereocenters. The highest BCUT2D eigenvalue weighted by atomic mass is 19.4. The zero-order chi connectivity index (χ0) is 22.5. The van der Waals surface area contributed by atoms with Gasteiger partial charge in [-0.25, -0.2) is 4.98 Å². The van der Waals surface area contributed by atoms with Crippen molar-refractivity contribution in [1.82, 2.24) is 9.55 Å². The van der Waals surface area contributed by atoms with Crippen LogP contribution in [-0.2, 0) is 11.0 Å². The molecule has 3 heterocycles. The summed E-state index contributed by atoms with van der Waals surface area (Å²) in [5.41, 5.74) is 1.57. The molecule has 162 valence electrons. The number of benzene rings is 2. The van der Waals surface area contributed by atoms with Crippen molar-refractivity contribution in [1.29, 1.82) is 0 Å². The van der Waals surface area contributed by atoms with E-state index in [-0.39, 0.29) is 5.69 Å². The van der Waals surface area contributed by atoms with E-state index in [1.165, 1.54) is 18.4 Å². The van der Waals surface area contributed by atoms with Crippen LogP contribution in [0.25, 0.3) is 11.0 Å². The number of carbonyl (C=O) groups excluding carboxylic acids is 1. The van der Waals surface area contributed by atoms with Crippen LogP contribution in [0.4, 0.5) is 24.8 Å². The van der Waals surface area contributed by atoms with Crippen molar-refractivity contribution < 1.29 is 22.4 Å². The molecule has 9 heteroatoms. The summed E-state index contributed by atoms with van der Waals surface area (Å²) in [6, 6.07) is 14.8. The van der Waals surface area contributed by atoms with Gasteiger partial charge in [-0.2, -0.15) is 13.2 Å². The van der Waals surface area contributed by atoms with Gasteiger partial charge in [0, 0.05) is 11.4 Å². The highest BCUT2D eigenvalue weighted by molar-refractivity contribution is 6.06. The molecule has 5 rings (SSSR count). The Bertz CT molecular complexity index is 1350. The predicted molar refractivity (Wildman–Crippen MR) is 113 cm³/mol. The van der Waals surface area contributed by atoms with Gasteiger partial charge in [0.1, 0.15) is 11.8 Å². The number of fused-ring (bicyclic) bond motifs is 3. The van der Waals surface area contributed by atoms with E-state index < -0.39 is 23.7 Å². The molecule has 0 saturated heterocycles. The molecular formula is C23H17F3N4O2. The van der Waals surface area contributed by atoms with Crippen molar-refractivity contribution in [3.05, 3.63) is 89.5 Å². The minimum atomic E-state index is -4.51. The number of alkyl halides is 3. The number of imidazole rings is 1. The molecule has 1 aliphatic rings. The molecular weight excluding hydrogens is 421 g/mol. The van der Waals surface area contributed by atoms with Crippen LogP contribution in [0, 0.1) is 0 Å². The Labute approximate surface area is 180 Å². The third-order valence-corrected chi connectivity index (χ3v) is 5.34. The second-order valence-corrected chi connectivity index (χ2v) is 7.41. The van der Waals surface area contributed by atoms with Crippen molar-refractivity contribution >= 4 is 28.6 Å². The lowest BCUT2D eigenvalue weighted by Crippen LogP contribution is -2.30. The van der Waals surface area contributed by atoms with E-state index in [1.807, 2.05) is 28.8 Å². The van der Waals surface area contributed by atoms with Gasteiger partial charge >= 0.3 is 6.18 Å². The zero-order valence-corrected chi connectivity index (χ0v) is 16.8. The van der Waals surface area contributed by atoms with E-state index in [1.54, 1.807) is 19.1 Å². The van der Waals surface area contributed by atoms with Crippen molar-refractivity contribution in [3.63, 3.8) is 0 Å². The fourth-order valence-electron chi connectivity index (χ4n) is 3.95. The number of anilines is 2. The fourth-order valence-corrected chi connectivity index (χ4v) is 3.95. The Morgan fingerprint density at radius 2 is 1.94 bits per heavy atom. The highest BCUT2D eigenvalue weighted by Gasteiger charge is 2.36. The molecule has 0 aliphatic carbocycles. The largest absolute Gasteiger partial charge is 0.467 e. The lowest BCUT2D eigenvalue weighted by atomic mass is 9.99. The van der Waals surface area contributed by atoms with Crippen LogP contribution in [0.3, 0.4) is 0 Å². The van der Waals surface area contributed by atoms with Crippen LogP contribution in [0.2, 0.25) is 0 Å². The molecule has 6 nitrogen and oxygen atoms in total. The van der Waals surface area contributed by atoms with Gasteiger partial charge in [0.2, 0.25) is 5.95 Å². The van der Waals surface area contributed by atoms with E-state index in [2.05, 4.69) is 15.6 Å². The second kappa shape index (κ2) is 7.30. The summed E-state index contributed by atoms with van der Waals surface area (Å²) < 4.78 is 46.8. The number of amides is 1. The first-order chi connectivity index (χ1) is 15.3. The number of halogens is 3. The van der Waals surface area contributed by atoms with E-state index in [0.29, 0.717) is 23.0 Å². The molecule has 1 aliphatic heterocycles. The van der Waals surface area contributed by atoms with Gasteiger partial charge in [0.05, 0.1) is 28.4 Å². The second-order valence-electron chi connectivity index (χ2n) is 7.41. The van der Waals surface area contributed by atoms with Crippen LogP contribution in [0.15, 0.2) is 82.6 Å². The number of hydrogen-bond acceptors (Lipinski definition) is 4. The Morgan fingerprint density at radius 1 is 1.12 bits per heavy atom. The van der Waals surface area contributed by atoms with Crippen LogP contribution in [0.1, 0.15) is 24.3 Å². The van der Waals surface area contributed by atoms with Crippen molar-refractivity contribution in [2.75, 3.05) is 10.6 Å². The summed E-state index contributed by atoms with van der Waals surface area (Å²) >= 11 is 0. The van der Waals surface area contributed by atoms with Crippen molar-refractivity contribution in [3.8, 4) is 0 Å². The van der Waals surface area contributed by atoms with Gasteiger partial charge in [-0.05, 0) is 49.4 Å². The average molecular weight is 438 g/mol. The number of para-hydroxylation sites is 2. The number of carbonyl (C=O) groups is 1. The maximum atomic E-state index is 13.3. The molecule has 2 N–H and O–H groups in total. The highest BCUT2D eigenvalue weighted by Crippen LogP contribution is 2.40. The quantitative estimate of drug-likeness (QED) is 0.438. The smallest absolute Gasteiger partial charge is 0.416 e. The third kappa shape index (κ3) is 3.31. The monoisotopic (exact) mass is 438 g/mol. The average Bonchev–Trinajstić information content (AvgIpc) is 3.40. The van der Waals surface area contributed by atoms with E-state index >= 15 is 0 Å². The molecule has 0 spiro atoms. The van der Waals surface area contributed by atoms with E-state index in [0.717, 1.165) is 23.2 Å². The van der Waals surface area contributed by atoms with Crippen LogP contribution < -0.4 is 10.6 Å². The van der Waals surface area contributed by atoms with Crippen LogP contribution >= 0.6 is 0 Å². The summed E-state index contributed by atoms with van der Waals surface area (Å²) in [7, 11) is 0. The third-order valence-electron chi connectivity index (χ3n) is 5.34. The van der Waals surface area contributed by atoms with Gasteiger partial charge < -0.3 is 15.1 Å². The Balaban J connectivity index is 1.59. The SMILES string of the molecule is CC1=C(C(=O)Nc2cccc(C(F)(F)F)c2)C(c2ccco2)n2c(nc3ccccc32)N1. The number of nitrogens with zero attached hydrogens (tertiary/aromatic N) is 2. The number of allylic oxidation sites excluding steroid dienone is 1. The Hall–Kier alpha value is -4.01. The lowest BCUT2D eigenvalue weighted by molar-refractivity contribution is -0.137. The molecule has 0 radical (unpaired) electrons. The van der Waals surface area contributed by atoms with Gasteiger partial charge in [-0.15, -0.1) is 0 Å². The van der Waals surface area contributed by atoms with Crippen molar-refractivity contribution in [2.45, 2.75) is 19.1 Å². The Kier molecular flexibility index (Phi) is 4.54. The molecule has 4 aromatic rings. The number of rotatable bonds is 3. The molecule has 2 aromatic heterocycles. The van der Waals surface area contributed by atoms with Crippen LogP contribution in [-0.4, -0.2) is 15.5 Å². The van der Waals surface area contributed by atoms with Crippen molar-refractivity contribution in [2.24, 2.45) is 0 Å². The summed E-state index contributed by atoms with van der Waals surface area (Å²) in [4.78, 5) is 17.9. The topological polar surface area (TPSA) is 72.1 Å². The Morgan fingerprint density at radius 3 is 2.69 bits per heavy atom. The number of furan rings is 1. The predicted octanol–water partition coefficient (Wildman–Crippen LogP) is 5.58. The van der Waals surface area contributed by atoms with E-state index in [9.17, 15) is 18.0 Å². The molecule has 32 heavy (non-hydrogen) atoms. The summed E-state index contributed by atoms with van der Waals surface area (Å²) in [6.45, 7) is 1.72. The van der Waals surface area contributed by atoms with Gasteiger partial charge in [0.25, 0.3) is 5.91 Å². The normalized spacial score (nSPS) is 16.1. The number of nitrogens with one attached hydrogen (secondary N) is 2. The van der Waals surface area contributed by atoms with E-state index in [4.69, 9.17) is 4.42 Å². The molecule has 1 amide bonds. The maximum absolute atomic E-state index is 13.3. The van der Waals surface area contributed by atoms with Gasteiger partial charge in [-0.3, -0.25) is 9.36 Å². The summed E-state index contributed by atoms with van der Waals surface area (Å²) in [5, 5.41) is 5.75. The minimum absolute atomic E-state index is 0.0459. The van der Waals surface area contributed by atoms with Gasteiger partial charge in [-0.1, -0.05) is 18.2 Å².